The lowest BCUT2D eigenvalue weighted by Gasteiger charge is -2.23. The molecule has 5 rings (SSSR count). The first-order chi connectivity index (χ1) is 15.5. The fourth-order valence-electron chi connectivity index (χ4n) is 4.38. The number of carbonyl (C=O) groups is 1. The first kappa shape index (κ1) is 21.1. The van der Waals surface area contributed by atoms with Gasteiger partial charge >= 0.3 is 0 Å². The highest BCUT2D eigenvalue weighted by atomic mass is 32.2. The van der Waals surface area contributed by atoms with Gasteiger partial charge in [0.25, 0.3) is 0 Å². The Kier molecular flexibility index (Phi) is 5.67. The van der Waals surface area contributed by atoms with E-state index in [1.54, 1.807) is 24.5 Å². The summed E-state index contributed by atoms with van der Waals surface area (Å²) in [5, 5.41) is 8.27. The smallest absolute Gasteiger partial charge is 0.240 e. The van der Waals surface area contributed by atoms with Crippen LogP contribution in [0.5, 0.6) is 0 Å². The molecule has 32 heavy (non-hydrogen) atoms. The maximum Gasteiger partial charge on any atom is 0.240 e. The second-order valence-electron chi connectivity index (χ2n) is 8.61. The molecular weight excluding hydrogens is 424 g/mol. The molecule has 7 nitrogen and oxygen atoms in total. The molecule has 3 aromatic rings. The minimum absolute atomic E-state index is 0.00781. The molecule has 2 heterocycles. The third kappa shape index (κ3) is 4.53. The molecule has 1 saturated heterocycles. The van der Waals surface area contributed by atoms with Gasteiger partial charge in [0, 0.05) is 42.0 Å². The standard InChI is InChI=1S/C24H26N4O3S/c29-24(27-19-6-3-18-14-26-11-9-17(18)12-19)23-13-22(23)16-4-7-21(8-5-16)32(30,31)28-20-2-1-10-25-15-20/h3-9,11-12,14,20,22-23,25,28H,1-2,10,13,15H2,(H,27,29)/t20?,22?,23-/m1/s1. The second-order valence-corrected chi connectivity index (χ2v) is 10.3. The zero-order chi connectivity index (χ0) is 22.1. The summed E-state index contributed by atoms with van der Waals surface area (Å²) >= 11 is 0. The number of pyridine rings is 1. The van der Waals surface area contributed by atoms with Gasteiger partial charge in [-0.05, 0) is 73.0 Å². The fraction of sp³-hybridized carbons (Fsp3) is 0.333. The molecule has 1 saturated carbocycles. The molecule has 1 aliphatic heterocycles. The Morgan fingerprint density at radius 1 is 1.06 bits per heavy atom. The number of piperidine rings is 1. The molecule has 1 amide bonds. The monoisotopic (exact) mass is 450 g/mol. The summed E-state index contributed by atoms with van der Waals surface area (Å²) in [6.45, 7) is 1.59. The molecule has 2 aliphatic rings. The van der Waals surface area contributed by atoms with E-state index in [0.29, 0.717) is 6.54 Å². The highest BCUT2D eigenvalue weighted by molar-refractivity contribution is 7.89. The Balaban J connectivity index is 1.21. The van der Waals surface area contributed by atoms with E-state index < -0.39 is 10.0 Å². The van der Waals surface area contributed by atoms with E-state index in [1.807, 2.05) is 36.4 Å². The number of carbonyl (C=O) groups excluding carboxylic acids is 1. The van der Waals surface area contributed by atoms with Crippen molar-refractivity contribution < 1.29 is 13.2 Å². The van der Waals surface area contributed by atoms with Crippen LogP contribution in [0.2, 0.25) is 0 Å². The van der Waals surface area contributed by atoms with Gasteiger partial charge in [-0.3, -0.25) is 9.78 Å². The van der Waals surface area contributed by atoms with Crippen LogP contribution >= 0.6 is 0 Å². The summed E-state index contributed by atoms with van der Waals surface area (Å²) in [6.07, 6.45) is 6.10. The lowest BCUT2D eigenvalue weighted by molar-refractivity contribution is -0.117. The zero-order valence-electron chi connectivity index (χ0n) is 17.6. The number of rotatable bonds is 6. The number of amides is 1. The molecule has 2 unspecified atom stereocenters. The average molecular weight is 451 g/mol. The van der Waals surface area contributed by atoms with E-state index in [4.69, 9.17) is 0 Å². The number of aromatic nitrogens is 1. The van der Waals surface area contributed by atoms with Crippen LogP contribution in [0, 0.1) is 5.92 Å². The van der Waals surface area contributed by atoms with E-state index in [2.05, 4.69) is 20.3 Å². The Morgan fingerprint density at radius 3 is 2.69 bits per heavy atom. The quantitative estimate of drug-likeness (QED) is 0.536. The zero-order valence-corrected chi connectivity index (χ0v) is 18.4. The maximum absolute atomic E-state index is 12.7. The van der Waals surface area contributed by atoms with Crippen molar-refractivity contribution in [2.75, 3.05) is 18.4 Å². The molecule has 3 N–H and O–H groups in total. The topological polar surface area (TPSA) is 100 Å². The predicted molar refractivity (Wildman–Crippen MR) is 124 cm³/mol. The normalized spacial score (nSPS) is 23.1. The number of fused-ring (bicyclic) bond motifs is 1. The molecule has 8 heteroatoms. The van der Waals surface area contributed by atoms with E-state index in [1.165, 1.54) is 0 Å². The van der Waals surface area contributed by atoms with Gasteiger partial charge in [-0.1, -0.05) is 18.2 Å². The van der Waals surface area contributed by atoms with E-state index in [0.717, 1.165) is 47.8 Å². The number of nitrogens with zero attached hydrogens (tertiary/aromatic N) is 1. The number of hydrogen-bond acceptors (Lipinski definition) is 5. The summed E-state index contributed by atoms with van der Waals surface area (Å²) < 4.78 is 28.1. The predicted octanol–water partition coefficient (Wildman–Crippen LogP) is 3.01. The largest absolute Gasteiger partial charge is 0.326 e. The highest BCUT2D eigenvalue weighted by Gasteiger charge is 2.44. The first-order valence-electron chi connectivity index (χ1n) is 11.0. The van der Waals surface area contributed by atoms with E-state index >= 15 is 0 Å². The summed E-state index contributed by atoms with van der Waals surface area (Å²) in [5.41, 5.74) is 1.76. The summed E-state index contributed by atoms with van der Waals surface area (Å²) in [7, 11) is -3.54. The SMILES string of the molecule is O=C(Nc1ccc2cnccc2c1)[C@@H]1CC1c1ccc(S(=O)(=O)NC2CCCNC2)cc1. The molecule has 2 fully saturated rings. The van der Waals surface area contributed by atoms with Crippen LogP contribution < -0.4 is 15.4 Å². The Morgan fingerprint density at radius 2 is 1.91 bits per heavy atom. The molecule has 0 spiro atoms. The summed E-state index contributed by atoms with van der Waals surface area (Å²) in [6, 6.07) is 14.5. The third-order valence-corrected chi connectivity index (χ3v) is 7.81. The molecule has 166 valence electrons. The molecule has 3 atom stereocenters. The minimum Gasteiger partial charge on any atom is -0.326 e. The van der Waals surface area contributed by atoms with Crippen LogP contribution in [0.25, 0.3) is 10.8 Å². The van der Waals surface area contributed by atoms with Gasteiger partial charge in [0.2, 0.25) is 15.9 Å². The second kappa shape index (κ2) is 8.61. The van der Waals surface area contributed by atoms with Gasteiger partial charge in [0.15, 0.2) is 0 Å². The maximum atomic E-state index is 12.7. The van der Waals surface area contributed by atoms with Crippen molar-refractivity contribution in [3.63, 3.8) is 0 Å². The van der Waals surface area contributed by atoms with Gasteiger partial charge < -0.3 is 10.6 Å². The van der Waals surface area contributed by atoms with Crippen LogP contribution in [0.1, 0.15) is 30.7 Å². The summed E-state index contributed by atoms with van der Waals surface area (Å²) in [4.78, 5) is 17.1. The molecule has 1 aliphatic carbocycles. The molecule has 2 aromatic carbocycles. The lowest BCUT2D eigenvalue weighted by atomic mass is 10.1. The van der Waals surface area contributed by atoms with Crippen molar-refractivity contribution in [1.29, 1.82) is 0 Å². The summed E-state index contributed by atoms with van der Waals surface area (Å²) in [5.74, 6) is 0.00974. The average Bonchev–Trinajstić information content (AvgIpc) is 3.61. The Hall–Kier alpha value is -2.81. The van der Waals surface area contributed by atoms with Crippen molar-refractivity contribution in [3.05, 3.63) is 66.5 Å². The lowest BCUT2D eigenvalue weighted by Crippen LogP contribution is -2.45. The van der Waals surface area contributed by atoms with Gasteiger partial charge in [-0.15, -0.1) is 0 Å². The van der Waals surface area contributed by atoms with E-state index in [9.17, 15) is 13.2 Å². The Labute approximate surface area is 187 Å². The number of sulfonamides is 1. The van der Waals surface area contributed by atoms with Crippen molar-refractivity contribution >= 4 is 32.4 Å². The van der Waals surface area contributed by atoms with Crippen molar-refractivity contribution in [3.8, 4) is 0 Å². The van der Waals surface area contributed by atoms with Crippen molar-refractivity contribution in [2.24, 2.45) is 5.92 Å². The Bertz CT molecular complexity index is 1240. The van der Waals surface area contributed by atoms with Gasteiger partial charge in [-0.25, -0.2) is 13.1 Å². The van der Waals surface area contributed by atoms with Gasteiger partial charge in [0.1, 0.15) is 0 Å². The fourth-order valence-corrected chi connectivity index (χ4v) is 5.65. The molecule has 1 aromatic heterocycles. The molecular formula is C24H26N4O3S. The van der Waals surface area contributed by atoms with Crippen LogP contribution in [0.4, 0.5) is 5.69 Å². The van der Waals surface area contributed by atoms with Crippen LogP contribution in [0.15, 0.2) is 65.8 Å². The van der Waals surface area contributed by atoms with Crippen molar-refractivity contribution in [2.45, 2.75) is 36.1 Å². The highest BCUT2D eigenvalue weighted by Crippen LogP contribution is 2.48. The molecule has 0 radical (unpaired) electrons. The van der Waals surface area contributed by atoms with Crippen LogP contribution in [-0.4, -0.2) is 38.4 Å². The van der Waals surface area contributed by atoms with Crippen LogP contribution in [-0.2, 0) is 14.8 Å². The number of benzene rings is 2. The van der Waals surface area contributed by atoms with Gasteiger partial charge in [-0.2, -0.15) is 0 Å². The first-order valence-corrected chi connectivity index (χ1v) is 12.5. The van der Waals surface area contributed by atoms with Crippen molar-refractivity contribution in [1.82, 2.24) is 15.0 Å². The molecule has 0 bridgehead atoms. The third-order valence-electron chi connectivity index (χ3n) is 6.27. The number of anilines is 1. The van der Waals surface area contributed by atoms with Crippen LogP contribution in [0.3, 0.4) is 0 Å². The van der Waals surface area contributed by atoms with E-state index in [-0.39, 0.29) is 28.7 Å². The minimum atomic E-state index is -3.54. The number of nitrogens with one attached hydrogen (secondary N) is 3. The number of hydrogen-bond donors (Lipinski definition) is 3. The van der Waals surface area contributed by atoms with Gasteiger partial charge in [0.05, 0.1) is 4.90 Å².